The Kier molecular flexibility index (Phi) is 3.35. The molecule has 9 heavy (non-hydrogen) atoms. The number of hydrogen-bond acceptors (Lipinski definition) is 2. The lowest BCUT2D eigenvalue weighted by Crippen LogP contribution is -2.28. The van der Waals surface area contributed by atoms with E-state index in [0.717, 1.165) is 0 Å². The first kappa shape index (κ1) is 7.88. The topological polar surface area (TPSA) is 46.2 Å². The predicted molar refractivity (Wildman–Crippen MR) is 33.9 cm³/mol. The zero-order chi connectivity index (χ0) is 7.28. The Hall–Kier alpha value is -1.12. The highest BCUT2D eigenvalue weighted by atomic mass is 16.2. The lowest BCUT2D eigenvalue weighted by atomic mass is 10.4. The molecule has 50 valence electrons. The van der Waals surface area contributed by atoms with Crippen molar-refractivity contribution in [1.82, 2.24) is 5.32 Å². The van der Waals surface area contributed by atoms with Crippen molar-refractivity contribution in [3.05, 3.63) is 12.7 Å². The molecule has 0 atom stereocenters. The quantitative estimate of drug-likeness (QED) is 0.424. The summed E-state index contributed by atoms with van der Waals surface area (Å²) in [6, 6.07) is 0. The van der Waals surface area contributed by atoms with E-state index in [1.807, 2.05) is 0 Å². The molecule has 0 aromatic rings. The fourth-order valence-corrected chi connectivity index (χ4v) is 0.289. The number of Topliss-reactive ketones (excluding diaryl/α,β-unsaturated/α-hetero) is 1. The molecule has 0 aromatic carbocycles. The fraction of sp³-hybridized carbons (Fsp3) is 0.333. The van der Waals surface area contributed by atoms with Crippen LogP contribution >= 0.6 is 0 Å². The lowest BCUT2D eigenvalue weighted by molar-refractivity contribution is -0.136. The van der Waals surface area contributed by atoms with E-state index in [9.17, 15) is 9.59 Å². The second-order valence-electron chi connectivity index (χ2n) is 1.55. The van der Waals surface area contributed by atoms with Gasteiger partial charge in [0.1, 0.15) is 0 Å². The Labute approximate surface area is 53.7 Å². The van der Waals surface area contributed by atoms with E-state index in [2.05, 4.69) is 11.9 Å². The van der Waals surface area contributed by atoms with Crippen LogP contribution < -0.4 is 5.32 Å². The van der Waals surface area contributed by atoms with Crippen molar-refractivity contribution in [2.75, 3.05) is 6.54 Å². The Morgan fingerprint density at radius 3 is 2.56 bits per heavy atom. The zero-order valence-electron chi connectivity index (χ0n) is 5.31. The maximum absolute atomic E-state index is 10.4. The Morgan fingerprint density at radius 2 is 2.22 bits per heavy atom. The van der Waals surface area contributed by atoms with Gasteiger partial charge in [0.2, 0.25) is 5.78 Å². The Morgan fingerprint density at radius 1 is 1.67 bits per heavy atom. The molecule has 3 heteroatoms. The molecule has 0 radical (unpaired) electrons. The fourth-order valence-electron chi connectivity index (χ4n) is 0.289. The summed E-state index contributed by atoms with van der Waals surface area (Å²) >= 11 is 0. The minimum Gasteiger partial charge on any atom is -0.346 e. The van der Waals surface area contributed by atoms with Crippen molar-refractivity contribution < 1.29 is 9.59 Å². The minimum absolute atomic E-state index is 0.346. The van der Waals surface area contributed by atoms with Gasteiger partial charge in [-0.05, 0) is 0 Å². The van der Waals surface area contributed by atoms with E-state index in [-0.39, 0.29) is 0 Å². The van der Waals surface area contributed by atoms with Crippen molar-refractivity contribution in [2.45, 2.75) is 6.92 Å². The highest BCUT2D eigenvalue weighted by Crippen LogP contribution is 1.68. The summed E-state index contributed by atoms with van der Waals surface area (Å²) in [6.45, 7) is 4.93. The molecule has 0 aliphatic carbocycles. The van der Waals surface area contributed by atoms with Crippen LogP contribution in [0, 0.1) is 0 Å². The first-order chi connectivity index (χ1) is 4.18. The van der Waals surface area contributed by atoms with Crippen LogP contribution in [0.5, 0.6) is 0 Å². The van der Waals surface area contributed by atoms with Gasteiger partial charge in [-0.25, -0.2) is 0 Å². The van der Waals surface area contributed by atoms with Gasteiger partial charge < -0.3 is 5.32 Å². The van der Waals surface area contributed by atoms with Crippen LogP contribution in [0.15, 0.2) is 12.7 Å². The molecule has 3 nitrogen and oxygen atoms in total. The van der Waals surface area contributed by atoms with Crippen LogP contribution in [-0.2, 0) is 9.59 Å². The molecule has 0 unspecified atom stereocenters. The van der Waals surface area contributed by atoms with Crippen molar-refractivity contribution in [3.8, 4) is 0 Å². The van der Waals surface area contributed by atoms with E-state index in [0.29, 0.717) is 6.54 Å². The summed E-state index contributed by atoms with van der Waals surface area (Å²) < 4.78 is 0. The Balaban J connectivity index is 3.51. The summed E-state index contributed by atoms with van der Waals surface area (Å²) in [5.41, 5.74) is 0. The standard InChI is InChI=1S/C6H9NO2/c1-3-4-7-6(9)5(2)8/h3H,1,4H2,2H3,(H,7,9). The molecule has 0 aromatic heterocycles. The second kappa shape index (κ2) is 3.83. The van der Waals surface area contributed by atoms with Crippen molar-refractivity contribution in [2.24, 2.45) is 0 Å². The number of carbonyl (C=O) groups is 2. The van der Waals surface area contributed by atoms with Crippen molar-refractivity contribution in [3.63, 3.8) is 0 Å². The van der Waals surface area contributed by atoms with Gasteiger partial charge in [0, 0.05) is 13.5 Å². The van der Waals surface area contributed by atoms with Gasteiger partial charge in [-0.1, -0.05) is 6.08 Å². The molecule has 0 rings (SSSR count). The van der Waals surface area contributed by atoms with Crippen molar-refractivity contribution >= 4 is 11.7 Å². The third kappa shape index (κ3) is 3.46. The van der Waals surface area contributed by atoms with Gasteiger partial charge >= 0.3 is 0 Å². The summed E-state index contributed by atoms with van der Waals surface area (Å²) in [5, 5.41) is 2.33. The molecule has 0 bridgehead atoms. The number of nitrogens with one attached hydrogen (secondary N) is 1. The molecule has 0 aliphatic rings. The summed E-state index contributed by atoms with van der Waals surface area (Å²) in [4.78, 5) is 20.6. The minimum atomic E-state index is -0.560. The molecule has 0 spiro atoms. The number of carbonyl (C=O) groups excluding carboxylic acids is 2. The van der Waals surface area contributed by atoms with Gasteiger partial charge in [-0.15, -0.1) is 6.58 Å². The first-order valence-electron chi connectivity index (χ1n) is 2.58. The summed E-state index contributed by atoms with van der Waals surface area (Å²) in [6.07, 6.45) is 1.51. The largest absolute Gasteiger partial charge is 0.346 e. The summed E-state index contributed by atoms with van der Waals surface area (Å²) in [5.74, 6) is -1.04. The van der Waals surface area contributed by atoms with Crippen LogP contribution in [0.25, 0.3) is 0 Å². The maximum atomic E-state index is 10.4. The van der Waals surface area contributed by atoms with Gasteiger partial charge in [0.25, 0.3) is 5.91 Å². The average Bonchev–Trinajstić information content (AvgIpc) is 1.82. The molecule has 0 aliphatic heterocycles. The third-order valence-electron chi connectivity index (χ3n) is 0.727. The number of amides is 1. The van der Waals surface area contributed by atoms with E-state index < -0.39 is 11.7 Å². The van der Waals surface area contributed by atoms with Crippen LogP contribution in [0.1, 0.15) is 6.92 Å². The number of ketones is 1. The monoisotopic (exact) mass is 127 g/mol. The van der Waals surface area contributed by atoms with E-state index in [1.165, 1.54) is 13.0 Å². The average molecular weight is 127 g/mol. The molecule has 0 saturated heterocycles. The van der Waals surface area contributed by atoms with Crippen LogP contribution in [-0.4, -0.2) is 18.2 Å². The van der Waals surface area contributed by atoms with Gasteiger partial charge in [-0.3, -0.25) is 9.59 Å². The third-order valence-corrected chi connectivity index (χ3v) is 0.727. The molecule has 0 saturated carbocycles. The molecular weight excluding hydrogens is 118 g/mol. The zero-order valence-corrected chi connectivity index (χ0v) is 5.31. The van der Waals surface area contributed by atoms with Gasteiger partial charge in [0.05, 0.1) is 0 Å². The second-order valence-corrected chi connectivity index (χ2v) is 1.55. The molecule has 0 heterocycles. The first-order valence-corrected chi connectivity index (χ1v) is 2.58. The van der Waals surface area contributed by atoms with Crippen LogP contribution in [0.3, 0.4) is 0 Å². The summed E-state index contributed by atoms with van der Waals surface area (Å²) in [7, 11) is 0. The molecule has 0 fully saturated rings. The maximum Gasteiger partial charge on any atom is 0.287 e. The molecule has 1 amide bonds. The van der Waals surface area contributed by atoms with E-state index >= 15 is 0 Å². The molecule has 1 N–H and O–H groups in total. The van der Waals surface area contributed by atoms with E-state index in [4.69, 9.17) is 0 Å². The van der Waals surface area contributed by atoms with E-state index in [1.54, 1.807) is 0 Å². The van der Waals surface area contributed by atoms with Crippen LogP contribution in [0.2, 0.25) is 0 Å². The number of rotatable bonds is 3. The predicted octanol–water partition coefficient (Wildman–Crippen LogP) is -0.122. The Bertz CT molecular complexity index is 140. The van der Waals surface area contributed by atoms with Gasteiger partial charge in [-0.2, -0.15) is 0 Å². The van der Waals surface area contributed by atoms with Crippen molar-refractivity contribution in [1.29, 1.82) is 0 Å². The van der Waals surface area contributed by atoms with Gasteiger partial charge in [0.15, 0.2) is 0 Å². The smallest absolute Gasteiger partial charge is 0.287 e. The SMILES string of the molecule is C=CCNC(=O)C(C)=O. The number of hydrogen-bond donors (Lipinski definition) is 1. The lowest BCUT2D eigenvalue weighted by Gasteiger charge is -1.94. The molecular formula is C6H9NO2. The van der Waals surface area contributed by atoms with Crippen LogP contribution in [0.4, 0.5) is 0 Å². The highest BCUT2D eigenvalue weighted by Gasteiger charge is 2.02. The highest BCUT2D eigenvalue weighted by molar-refractivity contribution is 6.35. The normalized spacial score (nSPS) is 8.11.